The van der Waals surface area contributed by atoms with E-state index in [1.807, 2.05) is 19.9 Å². The minimum atomic E-state index is -0.524. The molecule has 0 radical (unpaired) electrons. The lowest BCUT2D eigenvalue weighted by atomic mass is 10.0. The van der Waals surface area contributed by atoms with Crippen LogP contribution in [0.4, 0.5) is 5.69 Å². The molecule has 0 bridgehead atoms. The molecule has 0 saturated heterocycles. The zero-order valence-corrected chi connectivity index (χ0v) is 16.1. The predicted molar refractivity (Wildman–Crippen MR) is 103 cm³/mol. The van der Waals surface area contributed by atoms with Crippen molar-refractivity contribution < 1.29 is 13.9 Å². The molecule has 0 amide bonds. The van der Waals surface area contributed by atoms with Crippen molar-refractivity contribution in [2.75, 3.05) is 12.4 Å². The number of ether oxygens (including phenoxy) is 1. The van der Waals surface area contributed by atoms with Gasteiger partial charge in [0.25, 0.3) is 0 Å². The van der Waals surface area contributed by atoms with Crippen LogP contribution in [0.1, 0.15) is 34.6 Å². The monoisotopic (exact) mass is 416 g/mol. The van der Waals surface area contributed by atoms with E-state index in [1.54, 1.807) is 18.2 Å². The van der Waals surface area contributed by atoms with Gasteiger partial charge in [0.2, 0.25) is 0 Å². The molecule has 0 aliphatic rings. The van der Waals surface area contributed by atoms with Crippen molar-refractivity contribution in [3.63, 3.8) is 0 Å². The van der Waals surface area contributed by atoms with Gasteiger partial charge in [0.15, 0.2) is 15.8 Å². The van der Waals surface area contributed by atoms with Crippen LogP contribution < -0.4 is 10.7 Å². The second-order valence-corrected chi connectivity index (χ2v) is 6.68. The first kappa shape index (κ1) is 18.1. The highest BCUT2D eigenvalue weighted by Crippen LogP contribution is 2.29. The minimum Gasteiger partial charge on any atom is -0.464 e. The van der Waals surface area contributed by atoms with Crippen LogP contribution in [0, 0.1) is 6.92 Å². The summed E-state index contributed by atoms with van der Waals surface area (Å²) < 4.78 is 10.9. The average molecular weight is 417 g/mol. The van der Waals surface area contributed by atoms with Gasteiger partial charge in [-0.05, 0) is 53.5 Å². The Labute approximate surface area is 158 Å². The second-order valence-electron chi connectivity index (χ2n) is 5.90. The highest BCUT2D eigenvalue weighted by molar-refractivity contribution is 9.10. The van der Waals surface area contributed by atoms with Crippen LogP contribution in [0.5, 0.6) is 0 Å². The van der Waals surface area contributed by atoms with Crippen molar-refractivity contribution >= 4 is 38.6 Å². The molecule has 0 unspecified atom stereocenters. The van der Waals surface area contributed by atoms with E-state index in [4.69, 9.17) is 9.15 Å². The summed E-state index contributed by atoms with van der Waals surface area (Å²) in [6.45, 7) is 3.84. The number of hydrogen-bond donors (Lipinski definition) is 1. The van der Waals surface area contributed by atoms with E-state index in [2.05, 4.69) is 26.2 Å². The third kappa shape index (κ3) is 3.48. The summed E-state index contributed by atoms with van der Waals surface area (Å²) in [5.41, 5.74) is 2.86. The van der Waals surface area contributed by atoms with E-state index >= 15 is 0 Å². The fraction of sp³-hybridized carbons (Fsp3) is 0.211. The lowest BCUT2D eigenvalue weighted by molar-refractivity contribution is 0.0595. The Balaban J connectivity index is 2.08. The predicted octanol–water partition coefficient (Wildman–Crippen LogP) is 4.22. The van der Waals surface area contributed by atoms with Gasteiger partial charge in [-0.3, -0.25) is 4.79 Å². The van der Waals surface area contributed by atoms with E-state index in [0.29, 0.717) is 21.3 Å². The van der Waals surface area contributed by atoms with Crippen molar-refractivity contribution in [2.24, 2.45) is 0 Å². The molecule has 3 aromatic rings. The number of halogens is 1. The molecular formula is C19H17BrN2O4. The quantitative estimate of drug-likeness (QED) is 0.641. The third-order valence-electron chi connectivity index (χ3n) is 4.00. The summed E-state index contributed by atoms with van der Waals surface area (Å²) in [5.74, 6) is -0.524. The number of aromatic nitrogens is 1. The van der Waals surface area contributed by atoms with Crippen LogP contribution in [0.2, 0.25) is 0 Å². The number of methoxy groups -OCH3 is 1. The maximum absolute atomic E-state index is 12.3. The summed E-state index contributed by atoms with van der Waals surface area (Å²) in [6.07, 6.45) is 1.53. The summed E-state index contributed by atoms with van der Waals surface area (Å²) in [4.78, 5) is 28.3. The van der Waals surface area contributed by atoms with E-state index in [1.165, 1.54) is 19.4 Å². The highest BCUT2D eigenvalue weighted by Gasteiger charge is 2.19. The van der Waals surface area contributed by atoms with Crippen molar-refractivity contribution in [3.8, 4) is 0 Å². The van der Waals surface area contributed by atoms with Gasteiger partial charge in [0, 0.05) is 17.8 Å². The number of nitrogens with zero attached hydrogens (tertiary/aromatic N) is 1. The minimum absolute atomic E-state index is 0.119. The van der Waals surface area contributed by atoms with E-state index in [-0.39, 0.29) is 17.2 Å². The molecule has 6 nitrogen and oxygen atoms in total. The van der Waals surface area contributed by atoms with Gasteiger partial charge in [-0.25, -0.2) is 9.78 Å². The molecule has 134 valence electrons. The molecule has 2 heterocycles. The molecule has 3 rings (SSSR count). The molecule has 1 N–H and O–H groups in total. The van der Waals surface area contributed by atoms with Gasteiger partial charge < -0.3 is 14.5 Å². The first-order valence-corrected chi connectivity index (χ1v) is 8.73. The maximum atomic E-state index is 12.3. The molecule has 26 heavy (non-hydrogen) atoms. The molecule has 0 aliphatic heterocycles. The van der Waals surface area contributed by atoms with E-state index in [0.717, 1.165) is 11.1 Å². The topological polar surface area (TPSA) is 81.4 Å². The molecule has 1 atom stereocenters. The SMILES string of the molecule is COC(=O)c1ncccc1N[C@H](C)c1cc(C)cc2c(=O)cc(Br)oc12. The summed E-state index contributed by atoms with van der Waals surface area (Å²) in [5, 5.41) is 3.77. The fourth-order valence-electron chi connectivity index (χ4n) is 2.82. The van der Waals surface area contributed by atoms with Crippen LogP contribution in [0.3, 0.4) is 0 Å². The standard InChI is InChI=1S/C19H17BrN2O4/c1-10-7-12(18-13(8-10)15(23)9-16(20)26-18)11(2)22-14-5-4-6-21-17(14)19(24)25-3/h4-9,11,22H,1-3H3/t11-/m1/s1. The number of hydrogen-bond acceptors (Lipinski definition) is 6. The number of fused-ring (bicyclic) bond motifs is 1. The van der Waals surface area contributed by atoms with Crippen LogP contribution in [-0.4, -0.2) is 18.1 Å². The Hall–Kier alpha value is -2.67. The smallest absolute Gasteiger partial charge is 0.358 e. The summed E-state index contributed by atoms with van der Waals surface area (Å²) in [6, 6.07) is 8.38. The first-order valence-electron chi connectivity index (χ1n) is 7.94. The van der Waals surface area contributed by atoms with Crippen molar-refractivity contribution in [1.82, 2.24) is 4.98 Å². The molecule has 0 aliphatic carbocycles. The van der Waals surface area contributed by atoms with Gasteiger partial charge in [-0.1, -0.05) is 6.07 Å². The lowest BCUT2D eigenvalue weighted by Gasteiger charge is -2.19. The summed E-state index contributed by atoms with van der Waals surface area (Å²) in [7, 11) is 1.31. The Morgan fingerprint density at radius 3 is 2.85 bits per heavy atom. The van der Waals surface area contributed by atoms with Crippen molar-refractivity contribution in [3.05, 3.63) is 68.2 Å². The molecule has 1 aromatic carbocycles. The number of anilines is 1. The molecule has 2 aromatic heterocycles. The van der Waals surface area contributed by atoms with Crippen LogP contribution in [-0.2, 0) is 4.74 Å². The number of benzene rings is 1. The van der Waals surface area contributed by atoms with Gasteiger partial charge in [0.1, 0.15) is 5.58 Å². The molecule has 0 spiro atoms. The third-order valence-corrected chi connectivity index (χ3v) is 4.39. The summed E-state index contributed by atoms with van der Waals surface area (Å²) >= 11 is 3.23. The van der Waals surface area contributed by atoms with Crippen LogP contribution >= 0.6 is 15.9 Å². The second kappa shape index (κ2) is 7.29. The molecular weight excluding hydrogens is 400 g/mol. The Morgan fingerprint density at radius 1 is 1.35 bits per heavy atom. The van der Waals surface area contributed by atoms with Gasteiger partial charge >= 0.3 is 5.97 Å². The Morgan fingerprint density at radius 2 is 2.12 bits per heavy atom. The molecule has 7 heteroatoms. The van der Waals surface area contributed by atoms with Crippen molar-refractivity contribution in [2.45, 2.75) is 19.9 Å². The number of carbonyl (C=O) groups is 1. The Bertz CT molecular complexity index is 1050. The average Bonchev–Trinajstić information content (AvgIpc) is 2.61. The zero-order valence-electron chi connectivity index (χ0n) is 14.5. The van der Waals surface area contributed by atoms with Crippen LogP contribution in [0.15, 0.2) is 50.4 Å². The number of carbonyl (C=O) groups excluding carboxylic acids is 1. The number of rotatable bonds is 4. The molecule has 0 saturated carbocycles. The van der Waals surface area contributed by atoms with Gasteiger partial charge in [-0.2, -0.15) is 0 Å². The normalized spacial score (nSPS) is 12.0. The molecule has 0 fully saturated rings. The lowest BCUT2D eigenvalue weighted by Crippen LogP contribution is -2.14. The van der Waals surface area contributed by atoms with E-state index in [9.17, 15) is 9.59 Å². The van der Waals surface area contributed by atoms with Crippen molar-refractivity contribution in [1.29, 1.82) is 0 Å². The first-order chi connectivity index (χ1) is 12.4. The van der Waals surface area contributed by atoms with Gasteiger partial charge in [-0.15, -0.1) is 0 Å². The van der Waals surface area contributed by atoms with Gasteiger partial charge in [0.05, 0.1) is 24.2 Å². The zero-order chi connectivity index (χ0) is 18.8. The number of aryl methyl sites for hydroxylation is 1. The fourth-order valence-corrected chi connectivity index (χ4v) is 3.19. The largest absolute Gasteiger partial charge is 0.464 e. The van der Waals surface area contributed by atoms with Crippen LogP contribution in [0.25, 0.3) is 11.0 Å². The van der Waals surface area contributed by atoms with E-state index < -0.39 is 5.97 Å². The Kier molecular flexibility index (Phi) is 5.08. The number of esters is 1. The highest BCUT2D eigenvalue weighted by atomic mass is 79.9. The number of nitrogens with one attached hydrogen (secondary N) is 1. The maximum Gasteiger partial charge on any atom is 0.358 e. The number of pyridine rings is 1.